The van der Waals surface area contributed by atoms with Crippen molar-refractivity contribution in [3.63, 3.8) is 0 Å². The highest BCUT2D eigenvalue weighted by molar-refractivity contribution is 7.07. The molecule has 0 radical (unpaired) electrons. The normalized spacial score (nSPS) is 9.54. The highest BCUT2D eigenvalue weighted by Crippen LogP contribution is 2.06. The summed E-state index contributed by atoms with van der Waals surface area (Å²) in [5, 5.41) is 4.08. The lowest BCUT2D eigenvalue weighted by Gasteiger charge is -2.00. The molecule has 0 saturated carbocycles. The first-order valence-corrected chi connectivity index (χ1v) is 6.18. The zero-order valence-electron chi connectivity index (χ0n) is 9.12. The monoisotopic (exact) mass is 198 g/mol. The Hall–Kier alpha value is -0.300. The Kier molecular flexibility index (Phi) is 9.56. The zero-order valence-corrected chi connectivity index (χ0v) is 9.94. The Morgan fingerprint density at radius 1 is 1.08 bits per heavy atom. The number of unbranched alkanes of at least 4 members (excludes halogenated alkanes) is 2. The first kappa shape index (κ1) is 12.7. The molecule has 1 heteroatoms. The van der Waals surface area contributed by atoms with E-state index in [4.69, 9.17) is 0 Å². The summed E-state index contributed by atoms with van der Waals surface area (Å²) in [6.45, 7) is 6.83. The molecule has 0 N–H and O–H groups in total. The number of hydrogen-bond donors (Lipinski definition) is 0. The van der Waals surface area contributed by atoms with Gasteiger partial charge < -0.3 is 0 Å². The Bertz CT molecular complexity index is 136. The van der Waals surface area contributed by atoms with E-state index in [0.29, 0.717) is 0 Å². The van der Waals surface area contributed by atoms with Crippen molar-refractivity contribution in [2.24, 2.45) is 5.92 Å². The van der Waals surface area contributed by atoms with Crippen LogP contribution in [0.1, 0.15) is 46.5 Å². The van der Waals surface area contributed by atoms with E-state index in [0.717, 1.165) is 5.92 Å². The first-order valence-electron chi connectivity index (χ1n) is 5.24. The Morgan fingerprint density at radius 3 is 2.00 bits per heavy atom. The maximum Gasteiger partial charge on any atom is -0.00934 e. The van der Waals surface area contributed by atoms with Crippen LogP contribution in [0, 0.1) is 5.92 Å². The van der Waals surface area contributed by atoms with E-state index in [9.17, 15) is 0 Å². The van der Waals surface area contributed by atoms with Crippen LogP contribution in [0.5, 0.6) is 0 Å². The molecule has 0 aromatic carbocycles. The standard InChI is InChI=1S/C8H18.C4H4S/c1-4-5-6-7-8(2)3;1-2-4-5-3-1/h8H,4-7H2,1-3H3;1-4H. The predicted octanol–water partition coefficient (Wildman–Crippen LogP) is 4.97. The molecule has 0 unspecified atom stereocenters. The molecule has 0 spiro atoms. The van der Waals surface area contributed by atoms with Crippen LogP contribution in [-0.2, 0) is 0 Å². The van der Waals surface area contributed by atoms with Crippen LogP contribution in [0.4, 0.5) is 0 Å². The lowest BCUT2D eigenvalue weighted by molar-refractivity contribution is 0.534. The number of thiophene rings is 1. The van der Waals surface area contributed by atoms with Crippen molar-refractivity contribution in [3.8, 4) is 0 Å². The van der Waals surface area contributed by atoms with E-state index in [1.165, 1.54) is 25.7 Å². The quantitative estimate of drug-likeness (QED) is 0.599. The molecular weight excluding hydrogens is 176 g/mol. The van der Waals surface area contributed by atoms with Gasteiger partial charge in [0.15, 0.2) is 0 Å². The summed E-state index contributed by atoms with van der Waals surface area (Å²) >= 11 is 1.71. The van der Waals surface area contributed by atoms with Crippen LogP contribution in [-0.4, -0.2) is 0 Å². The van der Waals surface area contributed by atoms with Crippen molar-refractivity contribution in [2.45, 2.75) is 46.5 Å². The van der Waals surface area contributed by atoms with Crippen molar-refractivity contribution in [2.75, 3.05) is 0 Å². The minimum atomic E-state index is 0.904. The van der Waals surface area contributed by atoms with E-state index >= 15 is 0 Å². The third kappa shape index (κ3) is 11.7. The SMILES string of the molecule is CCCCCC(C)C.c1ccsc1. The van der Waals surface area contributed by atoms with Gasteiger partial charge in [-0.2, -0.15) is 11.3 Å². The van der Waals surface area contributed by atoms with Gasteiger partial charge in [-0.15, -0.1) is 0 Å². The fourth-order valence-electron chi connectivity index (χ4n) is 1.03. The first-order chi connectivity index (χ1) is 6.27. The van der Waals surface area contributed by atoms with Crippen molar-refractivity contribution >= 4 is 11.3 Å². The molecule has 0 aliphatic rings. The average molecular weight is 198 g/mol. The van der Waals surface area contributed by atoms with Crippen molar-refractivity contribution in [1.82, 2.24) is 0 Å². The van der Waals surface area contributed by atoms with Crippen LogP contribution >= 0.6 is 11.3 Å². The Morgan fingerprint density at radius 2 is 1.69 bits per heavy atom. The second-order valence-corrected chi connectivity index (χ2v) is 4.50. The largest absolute Gasteiger partial charge is 0.152 e. The molecule has 0 bridgehead atoms. The van der Waals surface area contributed by atoms with Gasteiger partial charge in [-0.05, 0) is 16.7 Å². The van der Waals surface area contributed by atoms with Gasteiger partial charge in [-0.3, -0.25) is 0 Å². The zero-order chi connectivity index (χ0) is 9.94. The van der Waals surface area contributed by atoms with Gasteiger partial charge in [0.05, 0.1) is 0 Å². The number of rotatable bonds is 4. The molecule has 1 rings (SSSR count). The molecule has 0 nitrogen and oxygen atoms in total. The Labute approximate surface area is 87.0 Å². The lowest BCUT2D eigenvalue weighted by atomic mass is 10.1. The maximum absolute atomic E-state index is 2.29. The average Bonchev–Trinajstić information content (AvgIpc) is 2.61. The second-order valence-electron chi connectivity index (χ2n) is 3.68. The molecule has 0 aliphatic heterocycles. The molecule has 13 heavy (non-hydrogen) atoms. The van der Waals surface area contributed by atoms with Gasteiger partial charge in [0.25, 0.3) is 0 Å². The predicted molar refractivity (Wildman–Crippen MR) is 63.3 cm³/mol. The van der Waals surface area contributed by atoms with Gasteiger partial charge >= 0.3 is 0 Å². The molecule has 1 heterocycles. The van der Waals surface area contributed by atoms with Gasteiger partial charge in [-0.1, -0.05) is 58.6 Å². The number of hydrogen-bond acceptors (Lipinski definition) is 1. The molecule has 0 fully saturated rings. The van der Waals surface area contributed by atoms with Gasteiger partial charge in [0.2, 0.25) is 0 Å². The van der Waals surface area contributed by atoms with Crippen LogP contribution in [0.3, 0.4) is 0 Å². The summed E-state index contributed by atoms with van der Waals surface area (Å²) < 4.78 is 0. The summed E-state index contributed by atoms with van der Waals surface area (Å²) in [5.74, 6) is 0.904. The molecule has 1 aromatic rings. The lowest BCUT2D eigenvalue weighted by Crippen LogP contribution is -1.85. The topological polar surface area (TPSA) is 0 Å². The fraction of sp³-hybridized carbons (Fsp3) is 0.667. The molecule has 0 aliphatic carbocycles. The molecule has 0 saturated heterocycles. The summed E-state index contributed by atoms with van der Waals surface area (Å²) in [5.41, 5.74) is 0. The van der Waals surface area contributed by atoms with E-state index < -0.39 is 0 Å². The van der Waals surface area contributed by atoms with E-state index in [-0.39, 0.29) is 0 Å². The third-order valence-electron chi connectivity index (χ3n) is 1.81. The molecular formula is C12H22S. The summed E-state index contributed by atoms with van der Waals surface area (Å²) in [6.07, 6.45) is 5.60. The van der Waals surface area contributed by atoms with Crippen LogP contribution in [0.15, 0.2) is 22.9 Å². The highest BCUT2D eigenvalue weighted by atomic mass is 32.1. The van der Waals surface area contributed by atoms with Crippen LogP contribution in [0.2, 0.25) is 0 Å². The van der Waals surface area contributed by atoms with Crippen molar-refractivity contribution < 1.29 is 0 Å². The van der Waals surface area contributed by atoms with Gasteiger partial charge in [-0.25, -0.2) is 0 Å². The van der Waals surface area contributed by atoms with Gasteiger partial charge in [0.1, 0.15) is 0 Å². The fourth-order valence-corrected chi connectivity index (χ4v) is 1.48. The second kappa shape index (κ2) is 9.79. The van der Waals surface area contributed by atoms with E-state index in [1.807, 2.05) is 22.9 Å². The van der Waals surface area contributed by atoms with Crippen molar-refractivity contribution in [1.29, 1.82) is 0 Å². The molecule has 0 atom stereocenters. The minimum absolute atomic E-state index is 0.904. The third-order valence-corrected chi connectivity index (χ3v) is 2.44. The molecule has 76 valence electrons. The molecule has 0 amide bonds. The van der Waals surface area contributed by atoms with E-state index in [2.05, 4.69) is 20.8 Å². The van der Waals surface area contributed by atoms with Crippen molar-refractivity contribution in [3.05, 3.63) is 22.9 Å². The highest BCUT2D eigenvalue weighted by Gasteiger charge is 1.90. The minimum Gasteiger partial charge on any atom is -0.152 e. The summed E-state index contributed by atoms with van der Waals surface area (Å²) in [4.78, 5) is 0. The van der Waals surface area contributed by atoms with Crippen LogP contribution < -0.4 is 0 Å². The molecule has 1 aromatic heterocycles. The maximum atomic E-state index is 2.29. The van der Waals surface area contributed by atoms with E-state index in [1.54, 1.807) is 11.3 Å². The van der Waals surface area contributed by atoms with Crippen LogP contribution in [0.25, 0.3) is 0 Å². The Balaban J connectivity index is 0.000000243. The smallest absolute Gasteiger partial charge is 0.00934 e. The van der Waals surface area contributed by atoms with Gasteiger partial charge in [0, 0.05) is 0 Å². The summed E-state index contributed by atoms with van der Waals surface area (Å²) in [7, 11) is 0. The summed E-state index contributed by atoms with van der Waals surface area (Å²) in [6, 6.07) is 4.04.